The van der Waals surface area contributed by atoms with E-state index in [1.54, 1.807) is 0 Å². The molecule has 0 atom stereocenters. The summed E-state index contributed by atoms with van der Waals surface area (Å²) in [6.07, 6.45) is 42.0. The Bertz CT molecular complexity index is 809. The molecule has 0 aromatic heterocycles. The van der Waals surface area contributed by atoms with Crippen LogP contribution >= 0.6 is 0 Å². The van der Waals surface area contributed by atoms with Gasteiger partial charge in [-0.25, -0.2) is 0 Å². The van der Waals surface area contributed by atoms with Crippen molar-refractivity contribution < 1.29 is 29.4 Å². The van der Waals surface area contributed by atoms with E-state index in [1.165, 1.54) is 139 Å². The van der Waals surface area contributed by atoms with E-state index in [9.17, 15) is 29.4 Å². The third kappa shape index (κ3) is 44.7. The van der Waals surface area contributed by atoms with Gasteiger partial charge in [0.1, 0.15) is 0 Å². The molecule has 0 spiro atoms. The predicted molar refractivity (Wildman–Crippen MR) is 210 cm³/mol. The van der Waals surface area contributed by atoms with Gasteiger partial charge in [0.25, 0.3) is 0 Å². The van der Waals surface area contributed by atoms with Crippen molar-refractivity contribution in [1.82, 2.24) is 9.80 Å². The number of likely N-dealkylation sites (N-methyl/N-ethyl adjacent to an activating group) is 2. The van der Waals surface area contributed by atoms with Gasteiger partial charge < -0.3 is 29.6 Å². The number of unbranched alkanes of at least 4 members (excludes halogenated alkanes) is 22. The minimum atomic E-state index is -1.21. The SMILES string of the molecule is CCCCCCCC/C=C/CCCCCCCC(=O)N(C)CC(=O)[O-].CCCCCCCC/C=C\CCCCCCCC(=O)N(C)CC(=O)[O-].[Ca+2]. The molecule has 0 unspecified atom stereocenters. The number of hydrogen-bond donors (Lipinski definition) is 0. The van der Waals surface area contributed by atoms with Crippen LogP contribution in [0.3, 0.4) is 0 Å². The molecular formula is C42H76CaN2O6. The minimum Gasteiger partial charge on any atom is -0.548 e. The molecule has 292 valence electrons. The van der Waals surface area contributed by atoms with Gasteiger partial charge in [-0.2, -0.15) is 0 Å². The second-order valence-electron chi connectivity index (χ2n) is 13.9. The summed E-state index contributed by atoms with van der Waals surface area (Å²) < 4.78 is 0. The first-order valence-corrected chi connectivity index (χ1v) is 20.3. The number of nitrogens with zero attached hydrogens (tertiary/aromatic N) is 2. The van der Waals surface area contributed by atoms with E-state index in [2.05, 4.69) is 38.2 Å². The molecule has 2 amide bonds. The van der Waals surface area contributed by atoms with E-state index in [1.807, 2.05) is 0 Å². The molecule has 0 rings (SSSR count). The number of carbonyl (C=O) groups excluding carboxylic acids is 4. The third-order valence-corrected chi connectivity index (χ3v) is 8.89. The third-order valence-electron chi connectivity index (χ3n) is 8.89. The second kappa shape index (κ2) is 43.0. The molecule has 0 radical (unpaired) electrons. The van der Waals surface area contributed by atoms with E-state index in [0.717, 1.165) is 51.4 Å². The molecule has 51 heavy (non-hydrogen) atoms. The molecule has 0 saturated heterocycles. The fourth-order valence-electron chi connectivity index (χ4n) is 5.64. The van der Waals surface area contributed by atoms with Crippen LogP contribution < -0.4 is 10.2 Å². The standard InChI is InChI=1S/2C21H39NO3.Ca/c2*1-3-4-5-6-7-8-9-10-11-12-13-14-15-16-17-18-20(23)22(2)19-21(24)25;/h2*10-11H,3-9,12-19H2,1-2H3,(H,24,25);/q;;+2/p-2/b11-10+;11-10-;. The van der Waals surface area contributed by atoms with E-state index < -0.39 is 11.9 Å². The van der Waals surface area contributed by atoms with Gasteiger partial charge in [0.05, 0.1) is 25.0 Å². The van der Waals surface area contributed by atoms with Gasteiger partial charge in [-0.15, -0.1) is 0 Å². The van der Waals surface area contributed by atoms with Crippen LogP contribution in [0.4, 0.5) is 0 Å². The first-order valence-electron chi connectivity index (χ1n) is 20.3. The molecule has 0 aromatic rings. The summed E-state index contributed by atoms with van der Waals surface area (Å²) in [7, 11) is 3.02. The Morgan fingerprint density at radius 1 is 0.412 bits per heavy atom. The number of carboxylic acids is 2. The van der Waals surface area contributed by atoms with E-state index in [4.69, 9.17) is 0 Å². The maximum Gasteiger partial charge on any atom is 2.00 e. The molecular weight excluding hydrogens is 669 g/mol. The topological polar surface area (TPSA) is 121 Å². The van der Waals surface area contributed by atoms with Crippen LogP contribution in [0.25, 0.3) is 0 Å². The van der Waals surface area contributed by atoms with Gasteiger partial charge >= 0.3 is 37.7 Å². The van der Waals surface area contributed by atoms with Crippen molar-refractivity contribution >= 4 is 61.5 Å². The van der Waals surface area contributed by atoms with Gasteiger partial charge in [-0.3, -0.25) is 9.59 Å². The van der Waals surface area contributed by atoms with Gasteiger partial charge in [-0.1, -0.05) is 141 Å². The van der Waals surface area contributed by atoms with Crippen LogP contribution in [-0.4, -0.2) is 98.5 Å². The monoisotopic (exact) mass is 745 g/mol. The first kappa shape index (κ1) is 54.0. The molecule has 0 aromatic carbocycles. The number of allylic oxidation sites excluding steroid dienone is 4. The van der Waals surface area contributed by atoms with Crippen LogP contribution in [0.15, 0.2) is 24.3 Å². The predicted octanol–water partition coefficient (Wildman–Crippen LogP) is 8.08. The van der Waals surface area contributed by atoms with Gasteiger partial charge in [0.15, 0.2) is 0 Å². The van der Waals surface area contributed by atoms with E-state index >= 15 is 0 Å². The van der Waals surface area contributed by atoms with Crippen LogP contribution in [-0.2, 0) is 19.2 Å². The summed E-state index contributed by atoms with van der Waals surface area (Å²) in [5.74, 6) is -2.63. The molecule has 8 nitrogen and oxygen atoms in total. The summed E-state index contributed by atoms with van der Waals surface area (Å²) >= 11 is 0. The summed E-state index contributed by atoms with van der Waals surface area (Å²) in [6, 6.07) is 0. The van der Waals surface area contributed by atoms with Crippen molar-refractivity contribution in [2.24, 2.45) is 0 Å². The summed E-state index contributed by atoms with van der Waals surface area (Å²) in [5, 5.41) is 20.8. The molecule has 0 fully saturated rings. The zero-order valence-electron chi connectivity index (χ0n) is 33.6. The van der Waals surface area contributed by atoms with Crippen LogP contribution in [0.2, 0.25) is 0 Å². The maximum absolute atomic E-state index is 11.6. The largest absolute Gasteiger partial charge is 2.00 e. The summed E-state index contributed by atoms with van der Waals surface area (Å²) in [5.41, 5.74) is 0. The molecule has 0 aliphatic carbocycles. The van der Waals surface area contributed by atoms with Crippen molar-refractivity contribution in [2.75, 3.05) is 27.2 Å². The quantitative estimate of drug-likeness (QED) is 0.0373. The number of aliphatic carboxylic acids is 2. The van der Waals surface area contributed by atoms with Crippen molar-refractivity contribution in [1.29, 1.82) is 0 Å². The summed E-state index contributed by atoms with van der Waals surface area (Å²) in [4.78, 5) is 46.6. The average Bonchev–Trinajstić information content (AvgIpc) is 3.07. The van der Waals surface area contributed by atoms with Crippen molar-refractivity contribution in [2.45, 2.75) is 194 Å². The van der Waals surface area contributed by atoms with Crippen molar-refractivity contribution in [3.05, 3.63) is 24.3 Å². The molecule has 0 heterocycles. The number of carbonyl (C=O) groups is 4. The second-order valence-corrected chi connectivity index (χ2v) is 13.9. The van der Waals surface area contributed by atoms with E-state index in [-0.39, 0.29) is 62.6 Å². The van der Waals surface area contributed by atoms with Gasteiger partial charge in [0.2, 0.25) is 11.8 Å². The smallest absolute Gasteiger partial charge is 0.548 e. The molecule has 9 heteroatoms. The number of amides is 2. The Labute approximate surface area is 343 Å². The molecule has 0 N–H and O–H groups in total. The van der Waals surface area contributed by atoms with Gasteiger partial charge in [0, 0.05) is 26.9 Å². The Balaban J connectivity index is -0.000000886. The molecule has 0 aliphatic heterocycles. The zero-order valence-corrected chi connectivity index (χ0v) is 35.8. The fraction of sp³-hybridized carbons (Fsp3) is 0.810. The first-order chi connectivity index (χ1) is 24.1. The number of hydrogen-bond acceptors (Lipinski definition) is 6. The summed E-state index contributed by atoms with van der Waals surface area (Å²) in [6.45, 7) is 3.87. The Kier molecular flexibility index (Phi) is 45.5. The molecule has 0 bridgehead atoms. The Morgan fingerprint density at radius 3 is 0.902 bits per heavy atom. The Morgan fingerprint density at radius 2 is 0.647 bits per heavy atom. The minimum absolute atomic E-state index is 0. The number of rotatable bonds is 34. The Hall–Kier alpha value is -1.38. The molecule has 0 aliphatic rings. The number of carboxylic acid groups (broad SMARTS) is 2. The van der Waals surface area contributed by atoms with Crippen molar-refractivity contribution in [3.63, 3.8) is 0 Å². The molecule has 0 saturated carbocycles. The van der Waals surface area contributed by atoms with Crippen molar-refractivity contribution in [3.8, 4) is 0 Å². The van der Waals surface area contributed by atoms with E-state index in [0.29, 0.717) is 12.8 Å². The van der Waals surface area contributed by atoms with Crippen LogP contribution in [0.5, 0.6) is 0 Å². The normalized spacial score (nSPS) is 10.9. The fourth-order valence-corrected chi connectivity index (χ4v) is 5.64. The van der Waals surface area contributed by atoms with Crippen LogP contribution in [0.1, 0.15) is 194 Å². The maximum atomic E-state index is 11.6. The average molecular weight is 745 g/mol. The van der Waals surface area contributed by atoms with Crippen LogP contribution in [0, 0.1) is 0 Å². The zero-order chi connectivity index (χ0) is 37.5. The van der Waals surface area contributed by atoms with Gasteiger partial charge in [-0.05, 0) is 64.2 Å².